The fourth-order valence-electron chi connectivity index (χ4n) is 1.43. The topological polar surface area (TPSA) is 75.6 Å². The Labute approximate surface area is 144 Å². The minimum atomic E-state index is 0.0400. The number of aliphatic hydroxyl groups is 1. The Morgan fingerprint density at radius 2 is 0.783 bits per heavy atom. The Bertz CT molecular complexity index is 190. The van der Waals surface area contributed by atoms with Crippen molar-refractivity contribution >= 4 is 12.6 Å². The van der Waals surface area contributed by atoms with E-state index < -0.39 is 0 Å². The average molecular weight is 356 g/mol. The molecule has 0 heterocycles. The van der Waals surface area contributed by atoms with Crippen LogP contribution < -0.4 is 0 Å². The van der Waals surface area contributed by atoms with Gasteiger partial charge in [0, 0.05) is 6.61 Å². The predicted molar refractivity (Wildman–Crippen MR) is 90.5 cm³/mol. The summed E-state index contributed by atoms with van der Waals surface area (Å²) in [4.78, 5) is 0. The number of hydrogen-bond acceptors (Lipinski definition) is 8. The van der Waals surface area contributed by atoms with Crippen molar-refractivity contribution < 1.29 is 33.5 Å². The number of hydrogen-bond donors (Lipinski definition) is 2. The molecule has 0 aromatic rings. The van der Waals surface area contributed by atoms with Crippen LogP contribution in [0.5, 0.6) is 0 Å². The van der Waals surface area contributed by atoms with Crippen LogP contribution in [0.15, 0.2) is 0 Å². The van der Waals surface area contributed by atoms with Crippen LogP contribution in [-0.4, -0.2) is 96.7 Å². The summed E-state index contributed by atoms with van der Waals surface area (Å²) in [6.45, 7) is 6.59. The summed E-state index contributed by atoms with van der Waals surface area (Å²) in [6, 6.07) is 0. The van der Waals surface area contributed by atoms with E-state index in [4.69, 9.17) is 33.5 Å². The molecule has 0 aliphatic heterocycles. The molecular formula is C15H32O7S. The van der Waals surface area contributed by atoms with Crippen LogP contribution in [-0.2, 0) is 28.4 Å². The van der Waals surface area contributed by atoms with Gasteiger partial charge in [-0.2, -0.15) is 12.6 Å². The summed E-state index contributed by atoms with van der Waals surface area (Å²) in [5.41, 5.74) is 0. The maximum atomic E-state index is 8.50. The number of rotatable bonds is 20. The molecule has 0 saturated carbocycles. The molecule has 0 rings (SSSR count). The lowest BCUT2D eigenvalue weighted by Gasteiger charge is -2.08. The molecule has 0 aliphatic rings. The first-order valence-corrected chi connectivity index (χ1v) is 8.73. The first-order chi connectivity index (χ1) is 11.4. The largest absolute Gasteiger partial charge is 0.394 e. The quantitative estimate of drug-likeness (QED) is 0.242. The highest BCUT2D eigenvalue weighted by Crippen LogP contribution is 1.87. The van der Waals surface area contributed by atoms with Gasteiger partial charge in [0.05, 0.1) is 79.3 Å². The Kier molecular flexibility index (Phi) is 22.1. The second-order valence-corrected chi connectivity index (χ2v) is 4.92. The van der Waals surface area contributed by atoms with Crippen molar-refractivity contribution in [3.8, 4) is 0 Å². The molecule has 0 aromatic heterocycles. The summed E-state index contributed by atoms with van der Waals surface area (Å²) >= 11 is 4.10. The fourth-order valence-corrected chi connectivity index (χ4v) is 1.56. The lowest BCUT2D eigenvalue weighted by Crippen LogP contribution is -2.14. The first-order valence-electron chi connectivity index (χ1n) is 8.10. The molecule has 8 heteroatoms. The average Bonchev–Trinajstić information content (AvgIpc) is 2.57. The Balaban J connectivity index is 2.92. The highest BCUT2D eigenvalue weighted by molar-refractivity contribution is 7.80. The maximum absolute atomic E-state index is 8.50. The second kappa shape index (κ2) is 22.1. The van der Waals surface area contributed by atoms with E-state index in [2.05, 4.69) is 12.6 Å². The summed E-state index contributed by atoms with van der Waals surface area (Å²) in [7, 11) is 0. The van der Waals surface area contributed by atoms with Crippen LogP contribution in [0.25, 0.3) is 0 Å². The van der Waals surface area contributed by atoms with E-state index in [9.17, 15) is 0 Å². The number of ether oxygens (including phenoxy) is 6. The molecule has 0 unspecified atom stereocenters. The molecular weight excluding hydrogens is 324 g/mol. The number of aliphatic hydroxyl groups excluding tert-OH is 1. The maximum Gasteiger partial charge on any atom is 0.0701 e. The molecule has 0 spiro atoms. The van der Waals surface area contributed by atoms with Crippen LogP contribution in [0.1, 0.15) is 6.42 Å². The van der Waals surface area contributed by atoms with Crippen molar-refractivity contribution in [2.24, 2.45) is 0 Å². The zero-order chi connectivity index (χ0) is 16.8. The molecule has 1 N–H and O–H groups in total. The third-order valence-electron chi connectivity index (χ3n) is 2.54. The van der Waals surface area contributed by atoms with Gasteiger partial charge in [0.15, 0.2) is 0 Å². The van der Waals surface area contributed by atoms with Crippen LogP contribution in [0, 0.1) is 0 Å². The van der Waals surface area contributed by atoms with Crippen molar-refractivity contribution in [3.05, 3.63) is 0 Å². The van der Waals surface area contributed by atoms with Crippen LogP contribution in [0.2, 0.25) is 0 Å². The van der Waals surface area contributed by atoms with E-state index in [0.29, 0.717) is 72.7 Å². The Morgan fingerprint density at radius 3 is 1.09 bits per heavy atom. The molecule has 0 fully saturated rings. The van der Waals surface area contributed by atoms with Crippen molar-refractivity contribution in [2.45, 2.75) is 6.42 Å². The molecule has 0 aromatic carbocycles. The van der Waals surface area contributed by atoms with Gasteiger partial charge in [-0.3, -0.25) is 0 Å². The van der Waals surface area contributed by atoms with Crippen LogP contribution in [0.4, 0.5) is 0 Å². The fraction of sp³-hybridized carbons (Fsp3) is 1.00. The first kappa shape index (κ1) is 23.1. The molecule has 0 saturated heterocycles. The van der Waals surface area contributed by atoms with Crippen molar-refractivity contribution in [1.82, 2.24) is 0 Å². The third-order valence-corrected chi connectivity index (χ3v) is 2.86. The van der Waals surface area contributed by atoms with E-state index in [-0.39, 0.29) is 6.61 Å². The van der Waals surface area contributed by atoms with Gasteiger partial charge in [-0.1, -0.05) is 0 Å². The molecule has 0 radical (unpaired) electrons. The van der Waals surface area contributed by atoms with Gasteiger partial charge in [0.1, 0.15) is 0 Å². The van der Waals surface area contributed by atoms with Crippen LogP contribution in [0.3, 0.4) is 0 Å². The summed E-state index contributed by atoms with van der Waals surface area (Å²) < 4.78 is 31.7. The highest BCUT2D eigenvalue weighted by Gasteiger charge is 1.93. The van der Waals surface area contributed by atoms with E-state index >= 15 is 0 Å². The molecule has 0 aliphatic carbocycles. The molecule has 0 amide bonds. The van der Waals surface area contributed by atoms with E-state index in [1.807, 2.05) is 0 Å². The summed E-state index contributed by atoms with van der Waals surface area (Å²) in [6.07, 6.45) is 0.967. The minimum Gasteiger partial charge on any atom is -0.394 e. The van der Waals surface area contributed by atoms with Gasteiger partial charge in [0.2, 0.25) is 0 Å². The molecule has 7 nitrogen and oxygen atoms in total. The minimum absolute atomic E-state index is 0.0400. The van der Waals surface area contributed by atoms with Gasteiger partial charge in [-0.25, -0.2) is 0 Å². The third kappa shape index (κ3) is 22.1. The molecule has 0 atom stereocenters. The molecule has 0 bridgehead atoms. The lowest BCUT2D eigenvalue weighted by atomic mass is 10.5. The van der Waals surface area contributed by atoms with Gasteiger partial charge >= 0.3 is 0 Å². The van der Waals surface area contributed by atoms with Crippen molar-refractivity contribution in [3.63, 3.8) is 0 Å². The SMILES string of the molecule is OCCOCCOCCOCCOCCOCCOCCCS. The smallest absolute Gasteiger partial charge is 0.0701 e. The normalized spacial score (nSPS) is 11.2. The zero-order valence-electron chi connectivity index (χ0n) is 14.0. The van der Waals surface area contributed by atoms with E-state index in [1.54, 1.807) is 0 Å². The Morgan fingerprint density at radius 1 is 0.478 bits per heavy atom. The standard InChI is InChI=1S/C15H32O7S/c16-2-4-18-6-8-20-10-12-22-14-13-21-11-9-19-7-5-17-3-1-15-23/h16,23H,1-15H2. The molecule has 140 valence electrons. The second-order valence-electron chi connectivity index (χ2n) is 4.48. The monoisotopic (exact) mass is 356 g/mol. The Hall–Kier alpha value is 0.0700. The lowest BCUT2D eigenvalue weighted by molar-refractivity contribution is -0.0181. The highest BCUT2D eigenvalue weighted by atomic mass is 32.1. The van der Waals surface area contributed by atoms with Crippen molar-refractivity contribution in [2.75, 3.05) is 91.6 Å². The van der Waals surface area contributed by atoms with Gasteiger partial charge in [-0.15, -0.1) is 0 Å². The van der Waals surface area contributed by atoms with Crippen molar-refractivity contribution in [1.29, 1.82) is 0 Å². The number of thiol groups is 1. The van der Waals surface area contributed by atoms with Crippen LogP contribution >= 0.6 is 12.6 Å². The van der Waals surface area contributed by atoms with E-state index in [1.165, 1.54) is 0 Å². The van der Waals surface area contributed by atoms with E-state index in [0.717, 1.165) is 18.8 Å². The van der Waals surface area contributed by atoms with Gasteiger partial charge < -0.3 is 33.5 Å². The molecule has 23 heavy (non-hydrogen) atoms. The van der Waals surface area contributed by atoms with Gasteiger partial charge in [0.25, 0.3) is 0 Å². The predicted octanol–water partition coefficient (Wildman–Crippen LogP) is 0.398. The van der Waals surface area contributed by atoms with Gasteiger partial charge in [-0.05, 0) is 12.2 Å². The summed E-state index contributed by atoms with van der Waals surface area (Å²) in [5.74, 6) is 0.849. The summed E-state index contributed by atoms with van der Waals surface area (Å²) in [5, 5.41) is 8.50. The zero-order valence-corrected chi connectivity index (χ0v) is 14.8.